The highest BCUT2D eigenvalue weighted by molar-refractivity contribution is 7.22. The quantitative estimate of drug-likeness (QED) is 0.576. The first kappa shape index (κ1) is 19.2. The van der Waals surface area contributed by atoms with Crippen molar-refractivity contribution in [3.63, 3.8) is 0 Å². The van der Waals surface area contributed by atoms with Crippen molar-refractivity contribution in [2.24, 2.45) is 0 Å². The number of anilines is 1. The van der Waals surface area contributed by atoms with Gasteiger partial charge in [-0.2, -0.15) is 0 Å². The fraction of sp³-hybridized carbons (Fsp3) is 0.333. The van der Waals surface area contributed by atoms with Crippen LogP contribution in [0.2, 0.25) is 5.02 Å². The summed E-state index contributed by atoms with van der Waals surface area (Å²) in [6.07, 6.45) is 2.01. The normalized spacial score (nSPS) is 16.4. The Morgan fingerprint density at radius 1 is 1.32 bits per heavy atom. The molecule has 0 aliphatic carbocycles. The predicted octanol–water partition coefficient (Wildman–Crippen LogP) is 4.85. The summed E-state index contributed by atoms with van der Waals surface area (Å²) in [5.41, 5.74) is 2.04. The third-order valence-corrected chi connectivity index (χ3v) is 6.02. The minimum Gasteiger partial charge on any atom is -0.484 e. The van der Waals surface area contributed by atoms with Crippen LogP contribution in [0.25, 0.3) is 10.2 Å². The molecule has 1 fully saturated rings. The van der Waals surface area contributed by atoms with Crippen molar-refractivity contribution >= 4 is 44.2 Å². The van der Waals surface area contributed by atoms with Gasteiger partial charge in [-0.3, -0.25) is 9.69 Å². The first-order chi connectivity index (χ1) is 13.6. The average molecular weight is 417 g/mol. The Hall–Kier alpha value is -2.15. The Bertz CT molecular complexity index is 967. The Labute approximate surface area is 172 Å². The number of carbonyl (C=O) groups is 1. The number of nitrogens with zero attached hydrogens (tertiary/aromatic N) is 2. The standard InChI is InChI=1S/C21H21ClN2O3S/c1-14-4-2-6-18-20(14)23-21(28-18)24(12-17-5-3-11-26-17)19(25)13-27-16-9-7-15(22)8-10-16/h2,4,6-10,17H,3,5,11-13H2,1H3. The monoisotopic (exact) mass is 416 g/mol. The van der Waals surface area contributed by atoms with Crippen LogP contribution in [0.3, 0.4) is 0 Å². The number of ether oxygens (including phenoxy) is 2. The number of aryl methyl sites for hydroxylation is 1. The summed E-state index contributed by atoms with van der Waals surface area (Å²) in [6.45, 7) is 3.19. The first-order valence-electron chi connectivity index (χ1n) is 9.26. The lowest BCUT2D eigenvalue weighted by atomic mass is 10.2. The van der Waals surface area contributed by atoms with Gasteiger partial charge in [0.1, 0.15) is 5.75 Å². The molecule has 0 saturated carbocycles. The molecular formula is C21H21ClN2O3S. The lowest BCUT2D eigenvalue weighted by molar-refractivity contribution is -0.120. The van der Waals surface area contributed by atoms with E-state index in [0.29, 0.717) is 22.4 Å². The average Bonchev–Trinajstić information content (AvgIpc) is 3.35. The summed E-state index contributed by atoms with van der Waals surface area (Å²) < 4.78 is 12.5. The third-order valence-electron chi connectivity index (χ3n) is 4.73. The van der Waals surface area contributed by atoms with Crippen molar-refractivity contribution in [3.05, 3.63) is 53.1 Å². The predicted molar refractivity (Wildman–Crippen MR) is 113 cm³/mol. The number of para-hydroxylation sites is 1. The van der Waals surface area contributed by atoms with Crippen LogP contribution in [0.4, 0.5) is 5.13 Å². The van der Waals surface area contributed by atoms with Gasteiger partial charge in [-0.25, -0.2) is 4.98 Å². The van der Waals surface area contributed by atoms with E-state index in [2.05, 4.69) is 0 Å². The number of carbonyl (C=O) groups excluding carboxylic acids is 1. The fourth-order valence-corrected chi connectivity index (χ4v) is 4.42. The zero-order valence-electron chi connectivity index (χ0n) is 15.6. The SMILES string of the molecule is Cc1cccc2sc(N(CC3CCCO3)C(=O)COc3ccc(Cl)cc3)nc12. The maximum absolute atomic E-state index is 13.0. The zero-order valence-corrected chi connectivity index (χ0v) is 17.1. The summed E-state index contributed by atoms with van der Waals surface area (Å²) in [4.78, 5) is 19.5. The van der Waals surface area contributed by atoms with Gasteiger partial charge < -0.3 is 9.47 Å². The minimum absolute atomic E-state index is 0.0348. The molecule has 3 aromatic rings. The van der Waals surface area contributed by atoms with E-state index in [1.807, 2.05) is 25.1 Å². The molecule has 2 heterocycles. The van der Waals surface area contributed by atoms with E-state index in [1.165, 1.54) is 11.3 Å². The Morgan fingerprint density at radius 3 is 2.86 bits per heavy atom. The molecule has 2 aromatic carbocycles. The van der Waals surface area contributed by atoms with Crippen LogP contribution >= 0.6 is 22.9 Å². The molecule has 1 unspecified atom stereocenters. The lowest BCUT2D eigenvalue weighted by Crippen LogP contribution is -2.40. The molecule has 146 valence electrons. The number of aromatic nitrogens is 1. The zero-order chi connectivity index (χ0) is 19.5. The van der Waals surface area contributed by atoms with Crippen LogP contribution in [0.5, 0.6) is 5.75 Å². The molecule has 0 radical (unpaired) electrons. The summed E-state index contributed by atoms with van der Waals surface area (Å²) in [5.74, 6) is 0.470. The molecule has 1 saturated heterocycles. The second-order valence-electron chi connectivity index (χ2n) is 6.80. The smallest absolute Gasteiger partial charge is 0.266 e. The summed E-state index contributed by atoms with van der Waals surface area (Å²) in [7, 11) is 0. The Kier molecular flexibility index (Phi) is 5.80. The number of rotatable bonds is 6. The third kappa shape index (κ3) is 4.29. The largest absolute Gasteiger partial charge is 0.484 e. The summed E-state index contributed by atoms with van der Waals surface area (Å²) in [5, 5.41) is 1.31. The molecule has 1 aliphatic heterocycles. The number of halogens is 1. The molecule has 7 heteroatoms. The van der Waals surface area contributed by atoms with E-state index < -0.39 is 0 Å². The molecule has 0 spiro atoms. The Morgan fingerprint density at radius 2 is 2.14 bits per heavy atom. The maximum atomic E-state index is 13.0. The number of amides is 1. The van der Waals surface area contributed by atoms with Crippen LogP contribution in [0, 0.1) is 6.92 Å². The van der Waals surface area contributed by atoms with E-state index in [9.17, 15) is 4.79 Å². The number of hydrogen-bond acceptors (Lipinski definition) is 5. The van der Waals surface area contributed by atoms with Crippen molar-refractivity contribution in [2.75, 3.05) is 24.7 Å². The van der Waals surface area contributed by atoms with E-state index in [-0.39, 0.29) is 18.6 Å². The van der Waals surface area contributed by atoms with Gasteiger partial charge in [0.25, 0.3) is 5.91 Å². The molecule has 1 aliphatic rings. The Balaban J connectivity index is 1.55. The van der Waals surface area contributed by atoms with E-state index in [4.69, 9.17) is 26.1 Å². The molecule has 0 N–H and O–H groups in total. The number of thiazole rings is 1. The van der Waals surface area contributed by atoms with Gasteiger partial charge in [-0.05, 0) is 55.7 Å². The summed E-state index contributed by atoms with van der Waals surface area (Å²) >= 11 is 7.42. The van der Waals surface area contributed by atoms with Crippen LogP contribution in [0.1, 0.15) is 18.4 Å². The number of benzene rings is 2. The van der Waals surface area contributed by atoms with Gasteiger partial charge in [-0.1, -0.05) is 35.1 Å². The van der Waals surface area contributed by atoms with Crippen LogP contribution in [-0.4, -0.2) is 36.8 Å². The minimum atomic E-state index is -0.137. The van der Waals surface area contributed by atoms with Crippen molar-refractivity contribution < 1.29 is 14.3 Å². The van der Waals surface area contributed by atoms with Crippen molar-refractivity contribution in [1.82, 2.24) is 4.98 Å². The highest BCUT2D eigenvalue weighted by Crippen LogP contribution is 2.31. The van der Waals surface area contributed by atoms with Gasteiger partial charge in [0.15, 0.2) is 11.7 Å². The molecule has 1 aromatic heterocycles. The topological polar surface area (TPSA) is 51.7 Å². The lowest BCUT2D eigenvalue weighted by Gasteiger charge is -2.23. The number of hydrogen-bond donors (Lipinski definition) is 0. The molecule has 1 amide bonds. The van der Waals surface area contributed by atoms with Gasteiger partial charge in [0.2, 0.25) is 0 Å². The molecule has 28 heavy (non-hydrogen) atoms. The van der Waals surface area contributed by atoms with Crippen LogP contribution in [0.15, 0.2) is 42.5 Å². The number of fused-ring (bicyclic) bond motifs is 1. The molecule has 5 nitrogen and oxygen atoms in total. The van der Waals surface area contributed by atoms with Crippen LogP contribution < -0.4 is 9.64 Å². The molecule has 0 bridgehead atoms. The van der Waals surface area contributed by atoms with Gasteiger partial charge in [0.05, 0.1) is 22.9 Å². The highest BCUT2D eigenvalue weighted by Gasteiger charge is 2.26. The van der Waals surface area contributed by atoms with Crippen molar-refractivity contribution in [3.8, 4) is 5.75 Å². The molecule has 1 atom stereocenters. The maximum Gasteiger partial charge on any atom is 0.266 e. The van der Waals surface area contributed by atoms with E-state index in [1.54, 1.807) is 29.2 Å². The molecular weight excluding hydrogens is 396 g/mol. The molecule has 4 rings (SSSR count). The highest BCUT2D eigenvalue weighted by atomic mass is 35.5. The van der Waals surface area contributed by atoms with Gasteiger partial charge >= 0.3 is 0 Å². The van der Waals surface area contributed by atoms with Gasteiger partial charge in [-0.15, -0.1) is 0 Å². The van der Waals surface area contributed by atoms with Crippen molar-refractivity contribution in [2.45, 2.75) is 25.9 Å². The van der Waals surface area contributed by atoms with Crippen molar-refractivity contribution in [1.29, 1.82) is 0 Å². The fourth-order valence-electron chi connectivity index (χ4n) is 3.22. The second-order valence-corrected chi connectivity index (χ2v) is 8.25. The van der Waals surface area contributed by atoms with Crippen LogP contribution in [-0.2, 0) is 9.53 Å². The second kappa shape index (κ2) is 8.47. The first-order valence-corrected chi connectivity index (χ1v) is 10.5. The van der Waals surface area contributed by atoms with E-state index in [0.717, 1.165) is 35.2 Å². The van der Waals surface area contributed by atoms with E-state index >= 15 is 0 Å². The summed E-state index contributed by atoms with van der Waals surface area (Å²) in [6, 6.07) is 13.0. The van der Waals surface area contributed by atoms with Gasteiger partial charge in [0, 0.05) is 11.6 Å².